The first kappa shape index (κ1) is 34.5. The van der Waals surface area contributed by atoms with Crippen LogP contribution in [0, 0.1) is 6.92 Å². The summed E-state index contributed by atoms with van der Waals surface area (Å²) in [6, 6.07) is 27.7. The average Bonchev–Trinajstić information content (AvgIpc) is 3.02. The van der Waals surface area contributed by atoms with Gasteiger partial charge in [-0.15, -0.1) is 0 Å². The Labute approximate surface area is 268 Å². The summed E-state index contributed by atoms with van der Waals surface area (Å²) < 4.78 is 54.0. The van der Waals surface area contributed by atoms with E-state index in [4.69, 9.17) is 18.1 Å². The van der Waals surface area contributed by atoms with Crippen LogP contribution in [-0.4, -0.2) is 13.2 Å². The second-order valence-corrected chi connectivity index (χ2v) is 14.8. The summed E-state index contributed by atoms with van der Waals surface area (Å²) in [7, 11) is -7.73. The van der Waals surface area contributed by atoms with Crippen molar-refractivity contribution in [2.24, 2.45) is 0 Å². The van der Waals surface area contributed by atoms with Gasteiger partial charge in [-0.2, -0.15) is 0 Å². The summed E-state index contributed by atoms with van der Waals surface area (Å²) in [6.45, 7) is 14.2. The Morgan fingerprint density at radius 2 is 1.22 bits per heavy atom. The molecular weight excluding hydrogens is 602 g/mol. The molecule has 6 nitrogen and oxygen atoms in total. The Morgan fingerprint density at radius 1 is 0.711 bits per heavy atom. The minimum absolute atomic E-state index is 0.177. The van der Waals surface area contributed by atoms with Crippen molar-refractivity contribution in [1.82, 2.24) is 0 Å². The fourth-order valence-electron chi connectivity index (χ4n) is 5.14. The highest BCUT2D eigenvalue weighted by atomic mass is 31.2. The van der Waals surface area contributed by atoms with Crippen LogP contribution >= 0.6 is 15.2 Å². The number of unbranched alkanes of at least 4 members (excludes halogenated alkanes) is 2. The molecule has 2 atom stereocenters. The zero-order valence-corrected chi connectivity index (χ0v) is 28.7. The molecule has 45 heavy (non-hydrogen) atoms. The predicted molar refractivity (Wildman–Crippen MR) is 186 cm³/mol. The minimum atomic E-state index is -3.86. The molecule has 0 aliphatic heterocycles. The van der Waals surface area contributed by atoms with E-state index in [1.54, 1.807) is 62.4 Å². The highest BCUT2D eigenvalue weighted by molar-refractivity contribution is 7.63. The Balaban J connectivity index is 2.05. The molecule has 0 saturated heterocycles. The second-order valence-electron chi connectivity index (χ2n) is 10.9. The van der Waals surface area contributed by atoms with Crippen LogP contribution in [0.15, 0.2) is 97.6 Å². The van der Waals surface area contributed by atoms with Crippen molar-refractivity contribution in [3.05, 3.63) is 114 Å². The van der Waals surface area contributed by atoms with E-state index in [2.05, 4.69) is 13.5 Å². The Kier molecular flexibility index (Phi) is 12.1. The molecule has 0 spiro atoms. The zero-order valence-electron chi connectivity index (χ0n) is 27.0. The van der Waals surface area contributed by atoms with Crippen molar-refractivity contribution in [2.75, 3.05) is 13.2 Å². The van der Waals surface area contributed by atoms with Crippen LogP contribution in [0.3, 0.4) is 0 Å². The molecule has 0 amide bonds. The number of benzene rings is 4. The molecule has 2 unspecified atom stereocenters. The van der Waals surface area contributed by atoms with Crippen LogP contribution in [-0.2, 0) is 24.6 Å². The highest BCUT2D eigenvalue weighted by Crippen LogP contribution is 2.56. The summed E-state index contributed by atoms with van der Waals surface area (Å²) in [5.41, 5.74) is 4.81. The summed E-state index contributed by atoms with van der Waals surface area (Å²) in [5.74, 6) is 0.618. The lowest BCUT2D eigenvalue weighted by Gasteiger charge is -2.26. The Morgan fingerprint density at radius 3 is 1.67 bits per heavy atom. The first-order valence-electron chi connectivity index (χ1n) is 15.6. The quantitative estimate of drug-likeness (QED) is 0.0891. The van der Waals surface area contributed by atoms with Crippen LogP contribution in [0.25, 0.3) is 16.7 Å². The standard InChI is InChI=1S/C37H44O6P2/c1-7-10-13-18-30-26-35(42-44(38,40-8-2)31-19-14-11-15-20-31)37(34-25-29(6)23-24-33(34)28(4)5)36(27-30)43-45(39,41-9-3)32-21-16-12-17-22-32/h11-12,14-17,19-27H,4,7-10,13,18H2,1-3,5-6H3. The van der Waals surface area contributed by atoms with E-state index in [9.17, 15) is 9.13 Å². The SMILES string of the molecule is C=C(C)c1ccc(C)cc1-c1c(OP(=O)(OCC)c2ccccc2)cc(CCCCC)cc1OP(=O)(OCC)c1ccccc1. The second kappa shape index (κ2) is 15.7. The van der Waals surface area contributed by atoms with Crippen LogP contribution < -0.4 is 19.7 Å². The number of allylic oxidation sites excluding steroid dienone is 1. The number of rotatable bonds is 16. The fraction of sp³-hybridized carbons (Fsp3) is 0.297. The fourth-order valence-corrected chi connectivity index (χ4v) is 8.32. The first-order valence-corrected chi connectivity index (χ1v) is 18.7. The summed E-state index contributed by atoms with van der Waals surface area (Å²) in [5, 5.41) is 0.871. The third-order valence-corrected chi connectivity index (χ3v) is 11.2. The van der Waals surface area contributed by atoms with E-state index in [1.165, 1.54) is 0 Å². The molecule has 0 aliphatic rings. The van der Waals surface area contributed by atoms with E-state index in [-0.39, 0.29) is 13.2 Å². The average molecular weight is 647 g/mol. The van der Waals surface area contributed by atoms with Gasteiger partial charge in [0.15, 0.2) is 0 Å². The molecule has 0 aromatic heterocycles. The maximum Gasteiger partial charge on any atom is 0.410 e. The van der Waals surface area contributed by atoms with Crippen molar-refractivity contribution in [1.29, 1.82) is 0 Å². The van der Waals surface area contributed by atoms with Gasteiger partial charge < -0.3 is 9.05 Å². The molecule has 0 saturated carbocycles. The lowest BCUT2D eigenvalue weighted by molar-refractivity contribution is 0.287. The lowest BCUT2D eigenvalue weighted by Crippen LogP contribution is -2.14. The molecule has 0 radical (unpaired) electrons. The topological polar surface area (TPSA) is 71.1 Å². The molecule has 0 bridgehead atoms. The number of hydrogen-bond donors (Lipinski definition) is 0. The van der Waals surface area contributed by atoms with E-state index in [1.807, 2.05) is 56.3 Å². The van der Waals surface area contributed by atoms with E-state index >= 15 is 0 Å². The molecule has 4 rings (SSSR count). The maximum atomic E-state index is 14.6. The van der Waals surface area contributed by atoms with Gasteiger partial charge in [0.05, 0.1) is 29.4 Å². The monoisotopic (exact) mass is 646 g/mol. The van der Waals surface area contributed by atoms with E-state index in [0.717, 1.165) is 53.5 Å². The van der Waals surface area contributed by atoms with Gasteiger partial charge in [-0.3, -0.25) is 9.05 Å². The largest absolute Gasteiger partial charge is 0.420 e. The summed E-state index contributed by atoms with van der Waals surface area (Å²) >= 11 is 0. The van der Waals surface area contributed by atoms with Gasteiger partial charge in [-0.05, 0) is 93.6 Å². The summed E-state index contributed by atoms with van der Waals surface area (Å²) in [4.78, 5) is 0. The van der Waals surface area contributed by atoms with Crippen molar-refractivity contribution in [2.45, 2.75) is 60.3 Å². The minimum Gasteiger partial charge on any atom is -0.420 e. The normalized spacial score (nSPS) is 13.9. The van der Waals surface area contributed by atoms with Crippen LogP contribution in [0.5, 0.6) is 11.5 Å². The third kappa shape index (κ3) is 8.45. The molecule has 4 aromatic carbocycles. The molecular formula is C37H44O6P2. The van der Waals surface area contributed by atoms with Crippen molar-refractivity contribution in [3.63, 3.8) is 0 Å². The van der Waals surface area contributed by atoms with E-state index in [0.29, 0.717) is 27.7 Å². The van der Waals surface area contributed by atoms with Gasteiger partial charge >= 0.3 is 15.2 Å². The smallest absolute Gasteiger partial charge is 0.410 e. The Hall–Kier alpha value is -3.40. The molecule has 4 aromatic rings. The Bertz CT molecular complexity index is 1600. The van der Waals surface area contributed by atoms with Crippen LogP contribution in [0.1, 0.15) is 63.6 Å². The van der Waals surface area contributed by atoms with Gasteiger partial charge in [-0.1, -0.05) is 92.1 Å². The lowest BCUT2D eigenvalue weighted by atomic mass is 9.91. The van der Waals surface area contributed by atoms with Crippen molar-refractivity contribution in [3.8, 4) is 22.6 Å². The molecule has 0 fully saturated rings. The van der Waals surface area contributed by atoms with E-state index < -0.39 is 15.2 Å². The van der Waals surface area contributed by atoms with Gasteiger partial charge in [0.2, 0.25) is 0 Å². The molecule has 0 heterocycles. The molecule has 238 valence electrons. The molecule has 0 N–H and O–H groups in total. The predicted octanol–water partition coefficient (Wildman–Crippen LogP) is 10.3. The van der Waals surface area contributed by atoms with Crippen molar-refractivity contribution < 1.29 is 27.2 Å². The first-order chi connectivity index (χ1) is 21.6. The van der Waals surface area contributed by atoms with Crippen LogP contribution in [0.2, 0.25) is 0 Å². The van der Waals surface area contributed by atoms with Gasteiger partial charge in [0.25, 0.3) is 0 Å². The number of aryl methyl sites for hydroxylation is 2. The van der Waals surface area contributed by atoms with Gasteiger partial charge in [0, 0.05) is 0 Å². The molecule has 8 heteroatoms. The zero-order chi connectivity index (χ0) is 32.5. The van der Waals surface area contributed by atoms with Gasteiger partial charge in [0.1, 0.15) is 11.5 Å². The highest BCUT2D eigenvalue weighted by Gasteiger charge is 2.35. The van der Waals surface area contributed by atoms with Crippen LogP contribution in [0.4, 0.5) is 0 Å². The molecule has 0 aliphatic carbocycles. The third-order valence-electron chi connectivity index (χ3n) is 7.28. The van der Waals surface area contributed by atoms with Crippen molar-refractivity contribution >= 4 is 31.4 Å². The van der Waals surface area contributed by atoms with Gasteiger partial charge in [-0.25, -0.2) is 9.13 Å². The number of hydrogen-bond acceptors (Lipinski definition) is 6. The summed E-state index contributed by atoms with van der Waals surface area (Å²) in [6.07, 6.45) is 3.74. The maximum absolute atomic E-state index is 14.6.